The molecule has 2 aromatic rings. The molecule has 1 amide bonds. The molecule has 2 N–H and O–H groups in total. The number of amides is 1. The second-order valence-corrected chi connectivity index (χ2v) is 6.68. The van der Waals surface area contributed by atoms with Gasteiger partial charge in [-0.2, -0.15) is 0 Å². The van der Waals surface area contributed by atoms with Gasteiger partial charge in [0.05, 0.1) is 6.54 Å². The van der Waals surface area contributed by atoms with Crippen molar-refractivity contribution in [2.45, 2.75) is 25.9 Å². The van der Waals surface area contributed by atoms with Gasteiger partial charge in [0, 0.05) is 23.7 Å². The van der Waals surface area contributed by atoms with E-state index in [0.29, 0.717) is 5.92 Å². The van der Waals surface area contributed by atoms with Gasteiger partial charge in [-0.3, -0.25) is 4.79 Å². The van der Waals surface area contributed by atoms with Crippen LogP contribution in [-0.4, -0.2) is 29.6 Å². The first-order chi connectivity index (χ1) is 10.2. The van der Waals surface area contributed by atoms with Crippen LogP contribution in [0.25, 0.3) is 0 Å². The average Bonchev–Trinajstić information content (AvgIpc) is 3.13. The summed E-state index contributed by atoms with van der Waals surface area (Å²) in [5.41, 5.74) is 0.737. The molecular weight excluding hydrogens is 282 g/mol. The van der Waals surface area contributed by atoms with Gasteiger partial charge in [-0.25, -0.2) is 0 Å². The summed E-state index contributed by atoms with van der Waals surface area (Å²) in [4.78, 5) is 13.8. The predicted molar refractivity (Wildman–Crippen MR) is 85.8 cm³/mol. The molecule has 4 nitrogen and oxygen atoms in total. The Labute approximate surface area is 129 Å². The molecule has 2 unspecified atom stereocenters. The minimum Gasteiger partial charge on any atom is -0.346 e. The molecule has 3 heterocycles. The van der Waals surface area contributed by atoms with Crippen molar-refractivity contribution in [3.05, 3.63) is 46.4 Å². The molecule has 1 aliphatic rings. The average molecular weight is 303 g/mol. The van der Waals surface area contributed by atoms with Crippen LogP contribution in [-0.2, 0) is 6.54 Å². The minimum atomic E-state index is 0.0251. The van der Waals surface area contributed by atoms with Gasteiger partial charge in [-0.15, -0.1) is 11.3 Å². The van der Waals surface area contributed by atoms with E-state index in [9.17, 15) is 4.79 Å². The maximum absolute atomic E-state index is 12.5. The number of hydrogen-bond acceptors (Lipinski definition) is 3. The first-order valence-corrected chi connectivity index (χ1v) is 8.31. The molecule has 1 saturated heterocycles. The van der Waals surface area contributed by atoms with Crippen LogP contribution >= 0.6 is 11.3 Å². The van der Waals surface area contributed by atoms with Crippen LogP contribution < -0.4 is 10.6 Å². The highest BCUT2D eigenvalue weighted by Gasteiger charge is 2.24. The lowest BCUT2D eigenvalue weighted by Gasteiger charge is -2.30. The van der Waals surface area contributed by atoms with Crippen molar-refractivity contribution in [2.24, 2.45) is 5.92 Å². The fraction of sp³-hybridized carbons (Fsp3) is 0.438. The van der Waals surface area contributed by atoms with E-state index in [-0.39, 0.29) is 11.9 Å². The van der Waals surface area contributed by atoms with Crippen LogP contribution in [0, 0.1) is 5.92 Å². The van der Waals surface area contributed by atoms with E-state index in [1.54, 1.807) is 11.3 Å². The number of aromatic nitrogens is 1. The summed E-state index contributed by atoms with van der Waals surface area (Å²) in [6, 6.07) is 8.18. The third kappa shape index (κ3) is 3.36. The van der Waals surface area contributed by atoms with Crippen molar-refractivity contribution in [3.8, 4) is 0 Å². The van der Waals surface area contributed by atoms with Crippen molar-refractivity contribution in [2.75, 3.05) is 13.1 Å². The quantitative estimate of drug-likeness (QED) is 0.910. The van der Waals surface area contributed by atoms with Gasteiger partial charge >= 0.3 is 0 Å². The van der Waals surface area contributed by atoms with E-state index in [1.165, 1.54) is 4.88 Å². The standard InChI is InChI=1S/C16H21N3OS/c1-12-6-7-17-10-14(12)18-16(20)15-5-2-8-19(15)11-13-4-3-9-21-13/h2-5,8-9,12,14,17H,6-7,10-11H2,1H3,(H,18,20). The smallest absolute Gasteiger partial charge is 0.268 e. The number of rotatable bonds is 4. The van der Waals surface area contributed by atoms with Gasteiger partial charge in [0.15, 0.2) is 0 Å². The molecule has 5 heteroatoms. The van der Waals surface area contributed by atoms with Crippen molar-refractivity contribution >= 4 is 17.2 Å². The number of hydrogen-bond donors (Lipinski definition) is 2. The van der Waals surface area contributed by atoms with Crippen LogP contribution in [0.1, 0.15) is 28.7 Å². The van der Waals surface area contributed by atoms with E-state index in [0.717, 1.165) is 31.7 Å². The predicted octanol–water partition coefficient (Wildman–Crippen LogP) is 2.33. The SMILES string of the molecule is CC1CCNCC1NC(=O)c1cccn1Cc1cccs1. The molecule has 1 fully saturated rings. The first kappa shape index (κ1) is 14.4. The lowest BCUT2D eigenvalue weighted by molar-refractivity contribution is 0.0906. The van der Waals surface area contributed by atoms with Crippen molar-refractivity contribution in [1.82, 2.24) is 15.2 Å². The minimum absolute atomic E-state index is 0.0251. The molecule has 0 radical (unpaired) electrons. The van der Waals surface area contributed by atoms with Gasteiger partial charge in [0.1, 0.15) is 5.69 Å². The maximum Gasteiger partial charge on any atom is 0.268 e. The summed E-state index contributed by atoms with van der Waals surface area (Å²) in [6.07, 6.45) is 3.08. The topological polar surface area (TPSA) is 46.1 Å². The third-order valence-electron chi connectivity index (χ3n) is 4.11. The van der Waals surface area contributed by atoms with Gasteiger partial charge in [0.25, 0.3) is 5.91 Å². The largest absolute Gasteiger partial charge is 0.346 e. The lowest BCUT2D eigenvalue weighted by Crippen LogP contribution is -2.50. The second kappa shape index (κ2) is 6.45. The lowest BCUT2D eigenvalue weighted by atomic mass is 9.95. The monoisotopic (exact) mass is 303 g/mol. The summed E-state index contributed by atoms with van der Waals surface area (Å²) in [5.74, 6) is 0.549. The summed E-state index contributed by atoms with van der Waals surface area (Å²) < 4.78 is 2.02. The fourth-order valence-electron chi connectivity index (χ4n) is 2.75. The fourth-order valence-corrected chi connectivity index (χ4v) is 3.46. The highest BCUT2D eigenvalue weighted by molar-refractivity contribution is 7.09. The van der Waals surface area contributed by atoms with E-state index in [4.69, 9.17) is 0 Å². The Hall–Kier alpha value is -1.59. The number of thiophene rings is 1. The van der Waals surface area contributed by atoms with Crippen LogP contribution in [0.4, 0.5) is 0 Å². The Kier molecular flexibility index (Phi) is 4.41. The molecule has 0 saturated carbocycles. The summed E-state index contributed by atoms with van der Waals surface area (Å²) in [6.45, 7) is 4.86. The normalized spacial score (nSPS) is 22.1. The molecule has 112 valence electrons. The number of carbonyl (C=O) groups is 1. The summed E-state index contributed by atoms with van der Waals surface area (Å²) in [5, 5.41) is 8.58. The van der Waals surface area contributed by atoms with Gasteiger partial charge in [-0.1, -0.05) is 13.0 Å². The summed E-state index contributed by atoms with van der Waals surface area (Å²) >= 11 is 1.72. The van der Waals surface area contributed by atoms with Crippen molar-refractivity contribution in [3.63, 3.8) is 0 Å². The highest BCUT2D eigenvalue weighted by Crippen LogP contribution is 2.15. The molecule has 2 aromatic heterocycles. The van der Waals surface area contributed by atoms with Gasteiger partial charge in [-0.05, 0) is 42.5 Å². The van der Waals surface area contributed by atoms with Crippen LogP contribution in [0.5, 0.6) is 0 Å². The van der Waals surface area contributed by atoms with Crippen molar-refractivity contribution in [1.29, 1.82) is 0 Å². The van der Waals surface area contributed by atoms with E-state index >= 15 is 0 Å². The third-order valence-corrected chi connectivity index (χ3v) is 4.97. The number of carbonyl (C=O) groups excluding carboxylic acids is 1. The zero-order valence-electron chi connectivity index (χ0n) is 12.2. The number of nitrogens with zero attached hydrogens (tertiary/aromatic N) is 1. The molecule has 1 aliphatic heterocycles. The van der Waals surface area contributed by atoms with Crippen molar-refractivity contribution < 1.29 is 4.79 Å². The van der Waals surface area contributed by atoms with Crippen LogP contribution in [0.15, 0.2) is 35.8 Å². The molecule has 2 atom stereocenters. The molecule has 0 aliphatic carbocycles. The number of nitrogens with one attached hydrogen (secondary N) is 2. The maximum atomic E-state index is 12.5. The van der Waals surface area contributed by atoms with Gasteiger partial charge in [0.2, 0.25) is 0 Å². The zero-order valence-corrected chi connectivity index (χ0v) is 13.0. The second-order valence-electron chi connectivity index (χ2n) is 5.65. The van der Waals surface area contributed by atoms with E-state index in [2.05, 4.69) is 29.0 Å². The molecular formula is C16H21N3OS. The Bertz CT molecular complexity index is 590. The molecule has 0 aromatic carbocycles. The van der Waals surface area contributed by atoms with Gasteiger partial charge < -0.3 is 15.2 Å². The molecule has 21 heavy (non-hydrogen) atoms. The first-order valence-electron chi connectivity index (χ1n) is 7.43. The number of piperidine rings is 1. The highest BCUT2D eigenvalue weighted by atomic mass is 32.1. The Morgan fingerprint density at radius 1 is 1.48 bits per heavy atom. The van der Waals surface area contributed by atoms with Crippen LogP contribution in [0.2, 0.25) is 0 Å². The Morgan fingerprint density at radius 2 is 2.38 bits per heavy atom. The Balaban J connectivity index is 1.68. The zero-order chi connectivity index (χ0) is 14.7. The van der Waals surface area contributed by atoms with E-state index < -0.39 is 0 Å². The summed E-state index contributed by atoms with van der Waals surface area (Å²) in [7, 11) is 0. The molecule has 3 rings (SSSR count). The molecule has 0 spiro atoms. The molecule has 0 bridgehead atoms. The Morgan fingerprint density at radius 3 is 3.14 bits per heavy atom. The van der Waals surface area contributed by atoms with E-state index in [1.807, 2.05) is 29.0 Å². The van der Waals surface area contributed by atoms with Crippen LogP contribution in [0.3, 0.4) is 0 Å².